The Morgan fingerprint density at radius 3 is 2.29 bits per heavy atom. The van der Waals surface area contributed by atoms with Gasteiger partial charge in [-0.2, -0.15) is 0 Å². The second-order valence-electron chi connectivity index (χ2n) is 2.28. The lowest BCUT2D eigenvalue weighted by Crippen LogP contribution is -2.07. The number of halogens is 3. The molecule has 0 aromatic heterocycles. The molecule has 0 heterocycles. The summed E-state index contributed by atoms with van der Waals surface area (Å²) in [6.07, 6.45) is 0. The first-order chi connectivity index (χ1) is 6.61. The van der Waals surface area contributed by atoms with Crippen LogP contribution >= 0.6 is 61.1 Å². The number of benzene rings is 1. The molecule has 1 aromatic carbocycles. The highest BCUT2D eigenvalue weighted by atomic mass is 127. The molecule has 0 saturated heterocycles. The molecule has 0 aliphatic heterocycles. The van der Waals surface area contributed by atoms with Gasteiger partial charge < -0.3 is 4.74 Å². The van der Waals surface area contributed by atoms with Gasteiger partial charge in [-0.3, -0.25) is 0 Å². The van der Waals surface area contributed by atoms with Crippen molar-refractivity contribution in [2.75, 3.05) is 0 Å². The fourth-order valence-electron chi connectivity index (χ4n) is 0.718. The minimum atomic E-state index is -0.349. The number of para-hydroxylation sites is 1. The Hall–Kier alpha value is 0.370. The lowest BCUT2D eigenvalue weighted by Gasteiger charge is -2.02. The zero-order chi connectivity index (χ0) is 10.6. The number of hydrogen-bond acceptors (Lipinski definition) is 2. The van der Waals surface area contributed by atoms with E-state index in [1.54, 1.807) is 12.1 Å². The second-order valence-corrected chi connectivity index (χ2v) is 6.71. The monoisotopic (exact) mass is 478 g/mol. The molecular formula is C9H5BrI2O2. The van der Waals surface area contributed by atoms with E-state index in [1.807, 2.05) is 63.4 Å². The van der Waals surface area contributed by atoms with Crippen LogP contribution in [0.2, 0.25) is 0 Å². The molecule has 0 amide bonds. The molecule has 0 aliphatic rings. The van der Waals surface area contributed by atoms with Gasteiger partial charge in [0.05, 0.1) is 2.49 Å². The van der Waals surface area contributed by atoms with Crippen molar-refractivity contribution in [1.82, 2.24) is 0 Å². The van der Waals surface area contributed by atoms with Crippen molar-refractivity contribution in [3.05, 3.63) is 36.4 Å². The van der Waals surface area contributed by atoms with Gasteiger partial charge in [0.1, 0.15) is 9.33 Å². The van der Waals surface area contributed by atoms with Crippen LogP contribution in [0, 0.1) is 0 Å². The van der Waals surface area contributed by atoms with E-state index in [4.69, 9.17) is 4.74 Å². The number of hydrogen-bond donors (Lipinski definition) is 0. The van der Waals surface area contributed by atoms with Gasteiger partial charge in [0.2, 0.25) is 0 Å². The number of carbonyl (C=O) groups is 1. The molecule has 0 saturated carbocycles. The molecule has 74 valence electrons. The lowest BCUT2D eigenvalue weighted by molar-refractivity contribution is -0.129. The van der Waals surface area contributed by atoms with E-state index >= 15 is 0 Å². The zero-order valence-electron chi connectivity index (χ0n) is 6.84. The van der Waals surface area contributed by atoms with E-state index in [2.05, 4.69) is 15.9 Å². The minimum Gasteiger partial charge on any atom is -0.423 e. The van der Waals surface area contributed by atoms with Gasteiger partial charge >= 0.3 is 5.97 Å². The van der Waals surface area contributed by atoms with Gasteiger partial charge in [-0.15, -0.1) is 0 Å². The quantitative estimate of drug-likeness (QED) is 0.278. The van der Waals surface area contributed by atoms with Gasteiger partial charge in [-0.25, -0.2) is 4.79 Å². The smallest absolute Gasteiger partial charge is 0.351 e. The van der Waals surface area contributed by atoms with Crippen molar-refractivity contribution < 1.29 is 9.53 Å². The van der Waals surface area contributed by atoms with E-state index in [-0.39, 0.29) is 5.97 Å². The first-order valence-electron chi connectivity index (χ1n) is 3.59. The molecule has 0 bridgehead atoms. The highest BCUT2D eigenvalue weighted by Gasteiger charge is 2.11. The standard InChI is InChI=1S/C9H5BrI2O2/c10-8(12)7(11)9(13)14-6-4-2-1-3-5-6/h1-5H/b8-7+. The topological polar surface area (TPSA) is 26.3 Å². The van der Waals surface area contributed by atoms with Crippen molar-refractivity contribution in [3.8, 4) is 5.75 Å². The molecule has 0 radical (unpaired) electrons. The van der Waals surface area contributed by atoms with Crippen molar-refractivity contribution in [3.63, 3.8) is 0 Å². The average molecular weight is 479 g/mol. The first kappa shape index (κ1) is 12.4. The SMILES string of the molecule is O=C(Oc1ccccc1)/C(I)=C(/Br)I. The summed E-state index contributed by atoms with van der Waals surface area (Å²) in [7, 11) is 0. The molecule has 1 rings (SSSR count). The van der Waals surface area contributed by atoms with Crippen LogP contribution in [0.25, 0.3) is 0 Å². The van der Waals surface area contributed by atoms with Gasteiger partial charge in [0.25, 0.3) is 0 Å². The fourth-order valence-corrected chi connectivity index (χ4v) is 1.21. The summed E-state index contributed by atoms with van der Waals surface area (Å²) in [5.74, 6) is 0.204. The lowest BCUT2D eigenvalue weighted by atomic mass is 10.3. The predicted octanol–water partition coefficient (Wildman–Crippen LogP) is 4.03. The third-order valence-electron chi connectivity index (χ3n) is 1.30. The van der Waals surface area contributed by atoms with Crippen LogP contribution in [0.1, 0.15) is 0 Å². The molecule has 1 aromatic rings. The number of esters is 1. The second kappa shape index (κ2) is 6.06. The van der Waals surface area contributed by atoms with E-state index < -0.39 is 0 Å². The summed E-state index contributed by atoms with van der Waals surface area (Å²) in [6.45, 7) is 0. The molecule has 0 fully saturated rings. The Bertz CT molecular complexity index is 358. The van der Waals surface area contributed by atoms with Crippen LogP contribution in [0.3, 0.4) is 0 Å². The molecule has 0 N–H and O–H groups in total. The fraction of sp³-hybridized carbons (Fsp3) is 0. The molecule has 14 heavy (non-hydrogen) atoms. The van der Waals surface area contributed by atoms with Crippen molar-refractivity contribution in [1.29, 1.82) is 0 Å². The Labute approximate surface area is 118 Å². The molecule has 0 atom stereocenters. The van der Waals surface area contributed by atoms with Gasteiger partial charge in [0.15, 0.2) is 0 Å². The number of ether oxygens (including phenoxy) is 1. The van der Waals surface area contributed by atoms with Crippen molar-refractivity contribution in [2.45, 2.75) is 0 Å². The molecular weight excluding hydrogens is 474 g/mol. The van der Waals surface area contributed by atoms with Crippen LogP contribution in [0.15, 0.2) is 36.4 Å². The van der Waals surface area contributed by atoms with Crippen LogP contribution in [-0.4, -0.2) is 5.97 Å². The summed E-state index contributed by atoms with van der Waals surface area (Å²) < 4.78 is 6.38. The summed E-state index contributed by atoms with van der Waals surface area (Å²) in [4.78, 5) is 11.4. The Morgan fingerprint density at radius 2 is 1.79 bits per heavy atom. The van der Waals surface area contributed by atoms with Crippen molar-refractivity contribution >= 4 is 67.1 Å². The van der Waals surface area contributed by atoms with Crippen LogP contribution < -0.4 is 4.74 Å². The van der Waals surface area contributed by atoms with Gasteiger partial charge in [-0.1, -0.05) is 18.2 Å². The van der Waals surface area contributed by atoms with Crippen LogP contribution in [0.5, 0.6) is 5.75 Å². The van der Waals surface area contributed by atoms with Crippen LogP contribution in [-0.2, 0) is 4.79 Å². The molecule has 0 aliphatic carbocycles. The largest absolute Gasteiger partial charge is 0.423 e. The number of carbonyl (C=O) groups excluding carboxylic acids is 1. The van der Waals surface area contributed by atoms with E-state index in [1.165, 1.54) is 0 Å². The summed E-state index contributed by atoms with van der Waals surface area (Å²) >= 11 is 7.16. The first-order valence-corrected chi connectivity index (χ1v) is 6.54. The highest BCUT2D eigenvalue weighted by Crippen LogP contribution is 2.26. The highest BCUT2D eigenvalue weighted by molar-refractivity contribution is 14.1. The molecule has 0 spiro atoms. The molecule has 0 unspecified atom stereocenters. The van der Waals surface area contributed by atoms with Gasteiger partial charge in [-0.05, 0) is 73.2 Å². The Balaban J connectivity index is 2.72. The normalized spacial score (nSPS) is 11.9. The van der Waals surface area contributed by atoms with Gasteiger partial charge in [0, 0.05) is 0 Å². The third-order valence-corrected chi connectivity index (χ3v) is 4.99. The molecule has 5 heteroatoms. The van der Waals surface area contributed by atoms with E-state index in [0.29, 0.717) is 9.33 Å². The third kappa shape index (κ3) is 3.85. The summed E-state index contributed by atoms with van der Waals surface area (Å²) in [5, 5.41) is 0. The maximum Gasteiger partial charge on any atom is 0.351 e. The van der Waals surface area contributed by atoms with Crippen molar-refractivity contribution in [2.24, 2.45) is 0 Å². The zero-order valence-corrected chi connectivity index (χ0v) is 12.7. The van der Waals surface area contributed by atoms with E-state index in [9.17, 15) is 4.79 Å². The average Bonchev–Trinajstić information content (AvgIpc) is 2.18. The van der Waals surface area contributed by atoms with E-state index in [0.717, 1.165) is 2.49 Å². The molecule has 2 nitrogen and oxygen atoms in total. The Morgan fingerprint density at radius 1 is 1.21 bits per heavy atom. The predicted molar refractivity (Wildman–Crippen MR) is 76.1 cm³/mol. The number of rotatable bonds is 2. The Kier molecular flexibility index (Phi) is 5.39. The minimum absolute atomic E-state index is 0.349. The maximum absolute atomic E-state index is 11.4. The summed E-state index contributed by atoms with van der Waals surface area (Å²) in [5.41, 5.74) is 0. The van der Waals surface area contributed by atoms with Crippen LogP contribution in [0.4, 0.5) is 0 Å². The summed E-state index contributed by atoms with van der Waals surface area (Å²) in [6, 6.07) is 8.98. The maximum atomic E-state index is 11.4.